The third-order valence-electron chi connectivity index (χ3n) is 5.32. The smallest absolute Gasteiger partial charge is 0.240 e. The first-order valence-electron chi connectivity index (χ1n) is 9.59. The van der Waals surface area contributed by atoms with Crippen LogP contribution < -0.4 is 10.6 Å². The molecule has 0 saturated carbocycles. The number of carbonyl (C=O) groups excluding carboxylic acids is 1. The Kier molecular flexibility index (Phi) is 5.40. The molecule has 28 heavy (non-hydrogen) atoms. The monoisotopic (exact) mass is 383 g/mol. The Morgan fingerprint density at radius 3 is 2.68 bits per heavy atom. The van der Waals surface area contributed by atoms with Crippen molar-refractivity contribution in [2.45, 2.75) is 25.4 Å². The highest BCUT2D eigenvalue weighted by Crippen LogP contribution is 2.26. The molecule has 3 N–H and O–H groups in total. The van der Waals surface area contributed by atoms with Gasteiger partial charge in [0.15, 0.2) is 0 Å². The molecule has 0 spiro atoms. The maximum atomic E-state index is 12.8. The minimum atomic E-state index is -0.619. The van der Waals surface area contributed by atoms with Crippen LogP contribution in [0.2, 0.25) is 0 Å². The first-order valence-corrected chi connectivity index (χ1v) is 9.59. The molecule has 1 aromatic carbocycles. The number of nitrogens with two attached hydrogens (primary N) is 1. The Morgan fingerprint density at radius 1 is 1.18 bits per heavy atom. The molecule has 4 rings (SSSR count). The maximum Gasteiger partial charge on any atom is 0.240 e. The fourth-order valence-corrected chi connectivity index (χ4v) is 3.78. The van der Waals surface area contributed by atoms with Gasteiger partial charge in [-0.2, -0.15) is 0 Å². The molecule has 8 nitrogen and oxygen atoms in total. The number of ether oxygens (including phenoxy) is 1. The molecule has 1 saturated heterocycles. The van der Waals surface area contributed by atoms with Gasteiger partial charge in [0.1, 0.15) is 17.9 Å². The van der Waals surface area contributed by atoms with Gasteiger partial charge in [0.2, 0.25) is 5.91 Å². The molecule has 0 radical (unpaired) electrons. The first-order chi connectivity index (χ1) is 13.6. The average molecular weight is 383 g/mol. The molecule has 2 aliphatic rings. The van der Waals surface area contributed by atoms with Crippen LogP contribution in [-0.4, -0.2) is 64.8 Å². The van der Waals surface area contributed by atoms with E-state index in [9.17, 15) is 9.90 Å². The molecular weight excluding hydrogens is 358 g/mol. The normalized spacial score (nSPS) is 17.9. The Hall–Kier alpha value is -2.71. The van der Waals surface area contributed by atoms with E-state index in [2.05, 4.69) is 14.9 Å². The topological polar surface area (TPSA) is 105 Å². The molecule has 2 aromatic rings. The zero-order chi connectivity index (χ0) is 19.5. The molecule has 1 aromatic heterocycles. The van der Waals surface area contributed by atoms with E-state index in [1.807, 2.05) is 0 Å². The quantitative estimate of drug-likeness (QED) is 0.791. The van der Waals surface area contributed by atoms with Crippen LogP contribution in [0.1, 0.15) is 16.8 Å². The van der Waals surface area contributed by atoms with E-state index >= 15 is 0 Å². The Morgan fingerprint density at radius 2 is 1.93 bits per heavy atom. The first kappa shape index (κ1) is 18.6. The number of amides is 1. The lowest BCUT2D eigenvalue weighted by atomic mass is 10.0. The number of fused-ring (bicyclic) bond motifs is 1. The van der Waals surface area contributed by atoms with Crippen molar-refractivity contribution in [1.29, 1.82) is 0 Å². The van der Waals surface area contributed by atoms with Crippen molar-refractivity contribution in [3.8, 4) is 5.75 Å². The summed E-state index contributed by atoms with van der Waals surface area (Å²) < 4.78 is 5.43. The molecule has 1 atom stereocenters. The number of hydrogen-bond acceptors (Lipinski definition) is 7. The van der Waals surface area contributed by atoms with Crippen molar-refractivity contribution >= 4 is 11.7 Å². The summed E-state index contributed by atoms with van der Waals surface area (Å²) in [5, 5.41) is 9.38. The van der Waals surface area contributed by atoms with Crippen molar-refractivity contribution in [1.82, 2.24) is 14.9 Å². The minimum absolute atomic E-state index is 0.0785. The number of rotatable bonds is 4. The molecule has 1 amide bonds. The number of phenolic OH excluding ortho intramolecular Hbond substituents is 1. The van der Waals surface area contributed by atoms with Crippen LogP contribution in [0.25, 0.3) is 0 Å². The van der Waals surface area contributed by atoms with Gasteiger partial charge in [-0.3, -0.25) is 4.79 Å². The van der Waals surface area contributed by atoms with Gasteiger partial charge in [0.05, 0.1) is 31.5 Å². The van der Waals surface area contributed by atoms with Gasteiger partial charge in [-0.25, -0.2) is 9.97 Å². The molecule has 2 aliphatic heterocycles. The predicted molar refractivity (Wildman–Crippen MR) is 104 cm³/mol. The van der Waals surface area contributed by atoms with Crippen LogP contribution in [0.4, 0.5) is 5.82 Å². The molecular formula is C20H25N5O3. The van der Waals surface area contributed by atoms with Crippen LogP contribution >= 0.6 is 0 Å². The Labute approximate surface area is 163 Å². The van der Waals surface area contributed by atoms with E-state index < -0.39 is 6.04 Å². The maximum absolute atomic E-state index is 12.8. The van der Waals surface area contributed by atoms with E-state index in [-0.39, 0.29) is 11.7 Å². The standard InChI is InChI=1S/C20H25N5O3/c21-17(11-14-1-3-15(26)4-2-14)20(27)25-6-5-16-18(12-25)22-13-23-19(16)24-7-9-28-10-8-24/h1-4,13,17,26H,5-12,21H2/t17-/m0/s1. The summed E-state index contributed by atoms with van der Waals surface area (Å²) >= 11 is 0. The van der Waals surface area contributed by atoms with Crippen molar-refractivity contribution in [2.75, 3.05) is 37.7 Å². The number of anilines is 1. The number of phenols is 1. The zero-order valence-electron chi connectivity index (χ0n) is 15.8. The lowest BCUT2D eigenvalue weighted by Gasteiger charge is -2.34. The second-order valence-electron chi connectivity index (χ2n) is 7.21. The summed E-state index contributed by atoms with van der Waals surface area (Å²) in [6.45, 7) is 4.12. The number of hydrogen-bond donors (Lipinski definition) is 2. The summed E-state index contributed by atoms with van der Waals surface area (Å²) in [6.07, 6.45) is 2.74. The number of nitrogens with zero attached hydrogens (tertiary/aromatic N) is 4. The highest BCUT2D eigenvalue weighted by atomic mass is 16.5. The van der Waals surface area contributed by atoms with Crippen molar-refractivity contribution in [3.63, 3.8) is 0 Å². The number of morpholine rings is 1. The van der Waals surface area contributed by atoms with Gasteiger partial charge in [-0.15, -0.1) is 0 Å². The summed E-state index contributed by atoms with van der Waals surface area (Å²) in [5.41, 5.74) is 9.12. The number of carbonyl (C=O) groups is 1. The van der Waals surface area contributed by atoms with Gasteiger partial charge >= 0.3 is 0 Å². The van der Waals surface area contributed by atoms with Crippen molar-refractivity contribution < 1.29 is 14.6 Å². The third kappa shape index (κ3) is 3.93. The molecule has 0 aliphatic carbocycles. The number of benzene rings is 1. The van der Waals surface area contributed by atoms with Crippen LogP contribution in [0.5, 0.6) is 5.75 Å². The van der Waals surface area contributed by atoms with E-state index in [1.165, 1.54) is 0 Å². The highest BCUT2D eigenvalue weighted by molar-refractivity contribution is 5.82. The van der Waals surface area contributed by atoms with E-state index in [4.69, 9.17) is 10.5 Å². The van der Waals surface area contributed by atoms with Crippen molar-refractivity contribution in [3.05, 3.63) is 47.4 Å². The molecule has 3 heterocycles. The summed E-state index contributed by atoms with van der Waals surface area (Å²) in [6, 6.07) is 6.17. The molecule has 8 heteroatoms. The molecule has 1 fully saturated rings. The Balaban J connectivity index is 1.44. The third-order valence-corrected chi connectivity index (χ3v) is 5.32. The molecule has 0 unspecified atom stereocenters. The fourth-order valence-electron chi connectivity index (χ4n) is 3.78. The predicted octanol–water partition coefficient (Wildman–Crippen LogP) is 0.473. The van der Waals surface area contributed by atoms with Gasteiger partial charge < -0.3 is 25.4 Å². The lowest BCUT2D eigenvalue weighted by Crippen LogP contribution is -2.47. The number of aromatic hydroxyl groups is 1. The summed E-state index contributed by atoms with van der Waals surface area (Å²) in [4.78, 5) is 25.8. The van der Waals surface area contributed by atoms with Crippen LogP contribution in [0.3, 0.4) is 0 Å². The molecule has 148 valence electrons. The average Bonchev–Trinajstić information content (AvgIpc) is 2.74. The van der Waals surface area contributed by atoms with Crippen molar-refractivity contribution in [2.24, 2.45) is 5.73 Å². The van der Waals surface area contributed by atoms with Gasteiger partial charge in [-0.05, 0) is 30.5 Å². The zero-order valence-corrected chi connectivity index (χ0v) is 15.8. The van der Waals surface area contributed by atoms with Crippen LogP contribution in [0, 0.1) is 0 Å². The Bertz CT molecular complexity index is 836. The largest absolute Gasteiger partial charge is 0.508 e. The molecule has 0 bridgehead atoms. The van der Waals surface area contributed by atoms with E-state index in [0.717, 1.165) is 42.1 Å². The van der Waals surface area contributed by atoms with E-state index in [0.29, 0.717) is 32.7 Å². The van der Waals surface area contributed by atoms with Crippen LogP contribution in [-0.2, 0) is 28.9 Å². The van der Waals surface area contributed by atoms with E-state index in [1.54, 1.807) is 35.5 Å². The number of aromatic nitrogens is 2. The second-order valence-corrected chi connectivity index (χ2v) is 7.21. The van der Waals surface area contributed by atoms with Crippen LogP contribution in [0.15, 0.2) is 30.6 Å². The van der Waals surface area contributed by atoms with Gasteiger partial charge in [0.25, 0.3) is 0 Å². The SMILES string of the molecule is N[C@@H](Cc1ccc(O)cc1)C(=O)N1CCc2c(ncnc2N2CCOCC2)C1. The lowest BCUT2D eigenvalue weighted by molar-refractivity contribution is -0.133. The fraction of sp³-hybridized carbons (Fsp3) is 0.450. The minimum Gasteiger partial charge on any atom is -0.508 e. The van der Waals surface area contributed by atoms with Gasteiger partial charge in [0, 0.05) is 25.2 Å². The summed E-state index contributed by atoms with van der Waals surface area (Å²) in [5.74, 6) is 1.09. The summed E-state index contributed by atoms with van der Waals surface area (Å²) in [7, 11) is 0. The highest BCUT2D eigenvalue weighted by Gasteiger charge is 2.29. The second kappa shape index (κ2) is 8.12. The van der Waals surface area contributed by atoms with Gasteiger partial charge in [-0.1, -0.05) is 12.1 Å².